The summed E-state index contributed by atoms with van der Waals surface area (Å²) in [4.78, 5) is 35.2. The molecule has 3 heterocycles. The molecule has 9 nitrogen and oxygen atoms in total. The number of aromatic nitrogens is 1. The Balaban J connectivity index is 1.52. The number of benzene rings is 2. The van der Waals surface area contributed by atoms with Gasteiger partial charge in [-0.3, -0.25) is 14.6 Å². The first-order chi connectivity index (χ1) is 17.6. The minimum Gasteiger partial charge on any atom is -0.495 e. The maximum atomic E-state index is 13.8. The quantitative estimate of drug-likeness (QED) is 0.331. The standard InChI is InChI=1S/C26H27N3O6S/c1-32-20-8-9-21(33-2)23-22(20)27-26(36-23)29(11-5-10-28-12-14-34-15-13-28)24(30)18-16-17-6-3-4-7-19(17)35-25(18)31/h3-4,6-9,16H,5,10-15H2,1-2H3. The van der Waals surface area contributed by atoms with Gasteiger partial charge in [0.1, 0.15) is 32.9 Å². The van der Waals surface area contributed by atoms with Crippen LogP contribution in [0.5, 0.6) is 11.5 Å². The van der Waals surface area contributed by atoms with E-state index < -0.39 is 11.5 Å². The summed E-state index contributed by atoms with van der Waals surface area (Å²) < 4.78 is 22.7. The molecule has 0 aliphatic carbocycles. The van der Waals surface area contributed by atoms with E-state index in [-0.39, 0.29) is 5.56 Å². The topological polar surface area (TPSA) is 94.3 Å². The Morgan fingerprint density at radius 1 is 1.11 bits per heavy atom. The van der Waals surface area contributed by atoms with E-state index in [4.69, 9.17) is 23.6 Å². The lowest BCUT2D eigenvalue weighted by molar-refractivity contribution is 0.0376. The van der Waals surface area contributed by atoms with Crippen LogP contribution in [-0.2, 0) is 4.74 Å². The van der Waals surface area contributed by atoms with Gasteiger partial charge in [-0.15, -0.1) is 0 Å². The summed E-state index contributed by atoms with van der Waals surface area (Å²) in [6.45, 7) is 4.32. The number of rotatable bonds is 8. The Morgan fingerprint density at radius 3 is 2.64 bits per heavy atom. The highest BCUT2D eigenvalue weighted by Gasteiger charge is 2.26. The number of ether oxygens (including phenoxy) is 3. The molecule has 36 heavy (non-hydrogen) atoms. The molecule has 1 aliphatic heterocycles. The van der Waals surface area contributed by atoms with Crippen LogP contribution in [0, 0.1) is 0 Å². The summed E-state index contributed by atoms with van der Waals surface area (Å²) in [5.74, 6) is 0.771. The highest BCUT2D eigenvalue weighted by atomic mass is 32.1. The van der Waals surface area contributed by atoms with Crippen molar-refractivity contribution in [2.24, 2.45) is 0 Å². The molecule has 0 N–H and O–H groups in total. The van der Waals surface area contributed by atoms with Crippen molar-refractivity contribution in [1.82, 2.24) is 9.88 Å². The van der Waals surface area contributed by atoms with Gasteiger partial charge in [-0.25, -0.2) is 9.78 Å². The number of anilines is 1. The first-order valence-corrected chi connectivity index (χ1v) is 12.6. The second kappa shape index (κ2) is 10.7. The third-order valence-electron chi connectivity index (χ3n) is 6.21. The molecule has 5 rings (SSSR count). The Morgan fingerprint density at radius 2 is 1.86 bits per heavy atom. The molecule has 0 saturated carbocycles. The summed E-state index contributed by atoms with van der Waals surface area (Å²) in [5.41, 5.74) is 0.340. The molecule has 0 unspecified atom stereocenters. The van der Waals surface area contributed by atoms with Crippen LogP contribution >= 0.6 is 11.3 Å². The number of hydrogen-bond acceptors (Lipinski definition) is 9. The van der Waals surface area contributed by atoms with E-state index in [1.165, 1.54) is 11.3 Å². The SMILES string of the molecule is COc1ccc(OC)c2sc(N(CCCN3CCOCC3)C(=O)c3cc4ccccc4oc3=O)nc12. The first kappa shape index (κ1) is 24.2. The maximum absolute atomic E-state index is 13.8. The first-order valence-electron chi connectivity index (χ1n) is 11.8. The zero-order valence-electron chi connectivity index (χ0n) is 20.2. The van der Waals surface area contributed by atoms with E-state index in [1.54, 1.807) is 43.4 Å². The molecule has 0 bridgehead atoms. The average molecular weight is 510 g/mol. The van der Waals surface area contributed by atoms with Crippen molar-refractivity contribution in [3.8, 4) is 11.5 Å². The van der Waals surface area contributed by atoms with Crippen molar-refractivity contribution >= 4 is 43.6 Å². The molecule has 4 aromatic rings. The van der Waals surface area contributed by atoms with Crippen molar-refractivity contribution in [1.29, 1.82) is 0 Å². The Labute approximate surface area is 211 Å². The van der Waals surface area contributed by atoms with Gasteiger partial charge >= 0.3 is 5.63 Å². The van der Waals surface area contributed by atoms with Gasteiger partial charge in [0, 0.05) is 31.6 Å². The number of carbonyl (C=O) groups is 1. The molecule has 0 atom stereocenters. The fraction of sp³-hybridized carbons (Fsp3) is 0.346. The fourth-order valence-corrected chi connectivity index (χ4v) is 5.41. The summed E-state index contributed by atoms with van der Waals surface area (Å²) in [6.07, 6.45) is 0.703. The maximum Gasteiger partial charge on any atom is 0.349 e. The summed E-state index contributed by atoms with van der Waals surface area (Å²) in [7, 11) is 3.16. The lowest BCUT2D eigenvalue weighted by Crippen LogP contribution is -2.40. The van der Waals surface area contributed by atoms with Gasteiger partial charge in [0.2, 0.25) is 0 Å². The minimum atomic E-state index is -0.673. The van der Waals surface area contributed by atoms with E-state index in [2.05, 4.69) is 4.90 Å². The minimum absolute atomic E-state index is 0.0294. The van der Waals surface area contributed by atoms with Gasteiger partial charge in [0.05, 0.1) is 27.4 Å². The number of nitrogens with zero attached hydrogens (tertiary/aromatic N) is 3. The molecule has 188 valence electrons. The van der Waals surface area contributed by atoms with Crippen LogP contribution in [0.25, 0.3) is 21.2 Å². The number of hydrogen-bond donors (Lipinski definition) is 0. The number of methoxy groups -OCH3 is 2. The van der Waals surface area contributed by atoms with Crippen LogP contribution < -0.4 is 20.0 Å². The van der Waals surface area contributed by atoms with Gasteiger partial charge in [-0.2, -0.15) is 0 Å². The highest BCUT2D eigenvalue weighted by molar-refractivity contribution is 7.22. The second-order valence-electron chi connectivity index (χ2n) is 8.39. The van der Waals surface area contributed by atoms with Crippen LogP contribution in [0.1, 0.15) is 16.8 Å². The summed E-state index contributed by atoms with van der Waals surface area (Å²) >= 11 is 1.33. The van der Waals surface area contributed by atoms with Gasteiger partial charge in [-0.05, 0) is 30.7 Å². The van der Waals surface area contributed by atoms with Crippen LogP contribution in [0.3, 0.4) is 0 Å². The molecule has 1 saturated heterocycles. The fourth-order valence-electron chi connectivity index (χ4n) is 4.31. The van der Waals surface area contributed by atoms with Crippen LogP contribution in [-0.4, -0.2) is 69.4 Å². The zero-order valence-corrected chi connectivity index (χ0v) is 21.0. The van der Waals surface area contributed by atoms with Crippen LogP contribution in [0.2, 0.25) is 0 Å². The summed E-state index contributed by atoms with van der Waals surface area (Å²) in [5, 5.41) is 1.15. The predicted octanol–water partition coefficient (Wildman–Crippen LogP) is 3.79. The number of carbonyl (C=O) groups excluding carboxylic acids is 1. The number of fused-ring (bicyclic) bond motifs is 2. The number of morpholine rings is 1. The molecule has 0 spiro atoms. The molecule has 2 aromatic heterocycles. The Hall–Kier alpha value is -3.47. The van der Waals surface area contributed by atoms with E-state index in [1.807, 2.05) is 18.2 Å². The van der Waals surface area contributed by atoms with E-state index >= 15 is 0 Å². The number of amides is 1. The normalized spacial score (nSPS) is 14.3. The van der Waals surface area contributed by atoms with Crippen molar-refractivity contribution in [3.05, 3.63) is 58.4 Å². The van der Waals surface area contributed by atoms with E-state index in [0.717, 1.165) is 24.3 Å². The van der Waals surface area contributed by atoms with Crippen LogP contribution in [0.4, 0.5) is 5.13 Å². The van der Waals surface area contributed by atoms with Crippen molar-refractivity contribution in [2.45, 2.75) is 6.42 Å². The molecule has 1 aliphatic rings. The smallest absolute Gasteiger partial charge is 0.349 e. The Kier molecular flexibility index (Phi) is 7.17. The largest absolute Gasteiger partial charge is 0.495 e. The average Bonchev–Trinajstić information content (AvgIpc) is 3.35. The van der Waals surface area contributed by atoms with Gasteiger partial charge in [0.15, 0.2) is 5.13 Å². The van der Waals surface area contributed by atoms with E-state index in [9.17, 15) is 9.59 Å². The van der Waals surface area contributed by atoms with Gasteiger partial charge in [0.25, 0.3) is 5.91 Å². The third-order valence-corrected chi connectivity index (χ3v) is 7.30. The van der Waals surface area contributed by atoms with Crippen molar-refractivity contribution in [2.75, 3.05) is 58.5 Å². The Bertz CT molecular complexity index is 1400. The lowest BCUT2D eigenvalue weighted by atomic mass is 10.1. The van der Waals surface area contributed by atoms with Gasteiger partial charge < -0.3 is 18.6 Å². The number of thiazole rings is 1. The monoisotopic (exact) mass is 509 g/mol. The lowest BCUT2D eigenvalue weighted by Gasteiger charge is -2.27. The molecule has 0 radical (unpaired) electrons. The third kappa shape index (κ3) is 4.79. The predicted molar refractivity (Wildman–Crippen MR) is 139 cm³/mol. The molecular formula is C26H27N3O6S. The number of para-hydroxylation sites is 1. The molecular weight excluding hydrogens is 482 g/mol. The molecule has 1 fully saturated rings. The highest BCUT2D eigenvalue weighted by Crippen LogP contribution is 2.40. The molecule has 10 heteroatoms. The van der Waals surface area contributed by atoms with E-state index in [0.29, 0.717) is 59.3 Å². The van der Waals surface area contributed by atoms with Crippen molar-refractivity contribution in [3.63, 3.8) is 0 Å². The molecule has 2 aromatic carbocycles. The van der Waals surface area contributed by atoms with Crippen molar-refractivity contribution < 1.29 is 23.4 Å². The molecule has 1 amide bonds. The zero-order chi connectivity index (χ0) is 25.1. The van der Waals surface area contributed by atoms with Gasteiger partial charge in [-0.1, -0.05) is 29.5 Å². The van der Waals surface area contributed by atoms with Crippen LogP contribution in [0.15, 0.2) is 51.7 Å². The second-order valence-corrected chi connectivity index (χ2v) is 9.37. The summed E-state index contributed by atoms with van der Waals surface area (Å²) in [6, 6.07) is 12.3.